The van der Waals surface area contributed by atoms with Gasteiger partial charge in [-0.3, -0.25) is 4.79 Å². The Kier molecular flexibility index (Phi) is 6.84. The molecule has 1 aromatic heterocycles. The predicted molar refractivity (Wildman–Crippen MR) is 118 cm³/mol. The molecule has 0 aliphatic carbocycles. The number of nitrogens with zero attached hydrogens (tertiary/aromatic N) is 2. The van der Waals surface area contributed by atoms with Crippen molar-refractivity contribution < 1.29 is 14.2 Å². The maximum absolute atomic E-state index is 12.3. The van der Waals surface area contributed by atoms with E-state index in [-0.39, 0.29) is 5.75 Å². The van der Waals surface area contributed by atoms with E-state index in [1.54, 1.807) is 20.4 Å². The first-order chi connectivity index (χ1) is 14.5. The van der Waals surface area contributed by atoms with Crippen LogP contribution in [0.2, 0.25) is 5.02 Å². The van der Waals surface area contributed by atoms with Crippen molar-refractivity contribution in [2.75, 3.05) is 26.6 Å². The van der Waals surface area contributed by atoms with Crippen molar-refractivity contribution in [2.24, 2.45) is 0 Å². The number of methoxy groups -OCH3 is 3. The van der Waals surface area contributed by atoms with Gasteiger partial charge in [0.2, 0.25) is 11.7 Å². The van der Waals surface area contributed by atoms with Gasteiger partial charge < -0.3 is 24.1 Å². The first kappa shape index (κ1) is 21.5. The molecule has 3 rings (SSSR count). The molecular formula is C22H24ClN3O4. The molecule has 30 heavy (non-hydrogen) atoms. The molecule has 2 aromatic carbocycles. The van der Waals surface area contributed by atoms with Gasteiger partial charge in [-0.15, -0.1) is 0 Å². The minimum absolute atomic E-state index is 0.158. The van der Waals surface area contributed by atoms with Gasteiger partial charge in [0.25, 0.3) is 0 Å². The topological polar surface area (TPSA) is 74.6 Å². The van der Waals surface area contributed by atoms with Crippen molar-refractivity contribution in [1.29, 1.82) is 0 Å². The third-order valence-electron chi connectivity index (χ3n) is 4.66. The minimum atomic E-state index is -0.458. The fraction of sp³-hybridized carbons (Fsp3) is 0.273. The predicted octanol–water partition coefficient (Wildman–Crippen LogP) is 4.28. The first-order valence-electron chi connectivity index (χ1n) is 9.40. The second-order valence-corrected chi connectivity index (χ2v) is 6.98. The zero-order chi connectivity index (χ0) is 21.7. The van der Waals surface area contributed by atoms with Gasteiger partial charge in [-0.2, -0.15) is 4.98 Å². The number of aromatic nitrogens is 2. The maximum atomic E-state index is 12.3. The summed E-state index contributed by atoms with van der Waals surface area (Å²) in [5.41, 5.74) is 2.26. The second-order valence-electron chi connectivity index (χ2n) is 6.54. The van der Waals surface area contributed by atoms with Gasteiger partial charge in [-0.25, -0.2) is 0 Å². The van der Waals surface area contributed by atoms with Crippen molar-refractivity contribution in [2.45, 2.75) is 19.9 Å². The molecule has 8 heteroatoms. The van der Waals surface area contributed by atoms with Crippen molar-refractivity contribution in [3.05, 3.63) is 69.1 Å². The van der Waals surface area contributed by atoms with E-state index in [0.717, 1.165) is 23.2 Å². The van der Waals surface area contributed by atoms with Crippen LogP contribution >= 0.6 is 11.6 Å². The van der Waals surface area contributed by atoms with E-state index in [9.17, 15) is 4.79 Å². The van der Waals surface area contributed by atoms with Crippen LogP contribution in [0.3, 0.4) is 0 Å². The van der Waals surface area contributed by atoms with E-state index in [1.807, 2.05) is 47.9 Å². The average Bonchev–Trinajstić information content (AvgIpc) is 2.75. The number of hydrogen-bond acceptors (Lipinski definition) is 6. The number of ether oxygens (including phenoxy) is 3. The lowest BCUT2D eigenvalue weighted by molar-refractivity contribution is 0.355. The molecule has 0 saturated heterocycles. The minimum Gasteiger partial charge on any atom is -0.493 e. The van der Waals surface area contributed by atoms with E-state index < -0.39 is 5.56 Å². The van der Waals surface area contributed by atoms with Crippen molar-refractivity contribution in [1.82, 2.24) is 9.55 Å². The van der Waals surface area contributed by atoms with Crippen LogP contribution in [0.15, 0.2) is 47.4 Å². The Hall–Kier alpha value is -3.19. The molecule has 0 aliphatic rings. The fourth-order valence-electron chi connectivity index (χ4n) is 3.12. The molecular weight excluding hydrogens is 406 g/mol. The quantitative estimate of drug-likeness (QED) is 0.576. The summed E-state index contributed by atoms with van der Waals surface area (Å²) >= 11 is 6.12. The summed E-state index contributed by atoms with van der Waals surface area (Å²) < 4.78 is 17.8. The second kappa shape index (κ2) is 9.54. The SMILES string of the molecule is CCc1cc(OC)c(OC)cc1Nc1nc(=O)c(OC)cn1Cc1cccc(Cl)c1. The molecule has 0 radical (unpaired) electrons. The summed E-state index contributed by atoms with van der Waals surface area (Å²) in [5.74, 6) is 1.75. The molecule has 7 nitrogen and oxygen atoms in total. The van der Waals surface area contributed by atoms with Gasteiger partial charge in [0.15, 0.2) is 11.5 Å². The van der Waals surface area contributed by atoms with E-state index in [1.165, 1.54) is 7.11 Å². The highest BCUT2D eigenvalue weighted by molar-refractivity contribution is 6.30. The molecule has 1 N–H and O–H groups in total. The summed E-state index contributed by atoms with van der Waals surface area (Å²) in [6.07, 6.45) is 2.38. The van der Waals surface area contributed by atoms with E-state index in [4.69, 9.17) is 25.8 Å². The molecule has 0 aliphatic heterocycles. The van der Waals surface area contributed by atoms with Crippen LogP contribution in [0.5, 0.6) is 17.2 Å². The van der Waals surface area contributed by atoms with Crippen molar-refractivity contribution in [3.8, 4) is 17.2 Å². The Morgan fingerprint density at radius 1 is 1.03 bits per heavy atom. The average molecular weight is 430 g/mol. The third kappa shape index (κ3) is 4.68. The standard InChI is InChI=1S/C22H24ClN3O4/c1-5-15-10-18(28-2)19(29-3)11-17(15)24-22-25-21(27)20(30-4)13-26(22)12-14-7-6-8-16(23)9-14/h6-11,13H,5,12H2,1-4H3,(H,24,25,27). The smallest absolute Gasteiger partial charge is 0.316 e. The lowest BCUT2D eigenvalue weighted by Gasteiger charge is -2.18. The van der Waals surface area contributed by atoms with E-state index >= 15 is 0 Å². The molecule has 0 atom stereocenters. The van der Waals surface area contributed by atoms with Gasteiger partial charge in [-0.05, 0) is 35.7 Å². The highest BCUT2D eigenvalue weighted by Crippen LogP contribution is 2.34. The highest BCUT2D eigenvalue weighted by atomic mass is 35.5. The van der Waals surface area contributed by atoms with Crippen LogP contribution in [0.25, 0.3) is 0 Å². The monoisotopic (exact) mass is 429 g/mol. The number of halogens is 1. The van der Waals surface area contributed by atoms with Gasteiger partial charge in [0.1, 0.15) is 0 Å². The van der Waals surface area contributed by atoms with Crippen LogP contribution in [-0.2, 0) is 13.0 Å². The summed E-state index contributed by atoms with van der Waals surface area (Å²) in [6, 6.07) is 11.2. The molecule has 0 fully saturated rings. The Balaban J connectivity index is 2.07. The van der Waals surface area contributed by atoms with Gasteiger partial charge >= 0.3 is 5.56 Å². The Morgan fingerprint density at radius 3 is 2.37 bits per heavy atom. The van der Waals surface area contributed by atoms with Crippen molar-refractivity contribution in [3.63, 3.8) is 0 Å². The Morgan fingerprint density at radius 2 is 1.73 bits per heavy atom. The first-order valence-corrected chi connectivity index (χ1v) is 9.78. The van der Waals surface area contributed by atoms with Crippen molar-refractivity contribution >= 4 is 23.2 Å². The number of hydrogen-bond donors (Lipinski definition) is 1. The maximum Gasteiger partial charge on any atom is 0.316 e. The van der Waals surface area contributed by atoms with Gasteiger partial charge in [-0.1, -0.05) is 30.7 Å². The zero-order valence-corrected chi connectivity index (χ0v) is 18.1. The Labute approximate surface area is 180 Å². The summed E-state index contributed by atoms with van der Waals surface area (Å²) in [5, 5.41) is 3.91. The van der Waals surface area contributed by atoms with Crippen LogP contribution in [0.4, 0.5) is 11.6 Å². The van der Waals surface area contributed by atoms with Gasteiger partial charge in [0.05, 0.1) is 34.1 Å². The largest absolute Gasteiger partial charge is 0.493 e. The molecule has 0 bridgehead atoms. The normalized spacial score (nSPS) is 10.6. The zero-order valence-electron chi connectivity index (χ0n) is 17.4. The fourth-order valence-corrected chi connectivity index (χ4v) is 3.33. The number of rotatable bonds is 8. The lowest BCUT2D eigenvalue weighted by atomic mass is 10.1. The van der Waals surface area contributed by atoms with Crippen LogP contribution < -0.4 is 25.1 Å². The summed E-state index contributed by atoms with van der Waals surface area (Å²) in [6.45, 7) is 2.48. The summed E-state index contributed by atoms with van der Waals surface area (Å²) in [7, 11) is 4.62. The molecule has 1 heterocycles. The molecule has 158 valence electrons. The highest BCUT2D eigenvalue weighted by Gasteiger charge is 2.15. The van der Waals surface area contributed by atoms with Gasteiger partial charge in [0, 0.05) is 16.8 Å². The van der Waals surface area contributed by atoms with Crippen LogP contribution in [0.1, 0.15) is 18.1 Å². The lowest BCUT2D eigenvalue weighted by Crippen LogP contribution is -2.19. The molecule has 0 spiro atoms. The summed E-state index contributed by atoms with van der Waals surface area (Å²) in [4.78, 5) is 16.5. The van der Waals surface area contributed by atoms with Crippen LogP contribution in [0, 0.1) is 0 Å². The molecule has 3 aromatic rings. The number of benzene rings is 2. The Bertz CT molecular complexity index is 1100. The third-order valence-corrected chi connectivity index (χ3v) is 4.90. The number of aryl methyl sites for hydroxylation is 1. The molecule has 0 saturated carbocycles. The molecule has 0 amide bonds. The molecule has 0 unspecified atom stereocenters. The number of anilines is 2. The number of nitrogens with one attached hydrogen (secondary N) is 1. The van der Waals surface area contributed by atoms with E-state index in [0.29, 0.717) is 29.0 Å². The van der Waals surface area contributed by atoms with Crippen LogP contribution in [-0.4, -0.2) is 30.9 Å². The van der Waals surface area contributed by atoms with E-state index in [2.05, 4.69) is 10.3 Å².